The SMILES string of the molecule is C[C@@]12C[C@H](CN(O)Cc3cccs3)CC1[C@@H]1C[C@H](F)C3=CC(=O)C=C[C@]3(C)[C@@]1(F)[C@@H](O)C2. The van der Waals surface area contributed by atoms with E-state index < -0.39 is 29.3 Å². The zero-order chi connectivity index (χ0) is 22.9. The number of carbonyl (C=O) groups excluding carboxylic acids is 1. The highest BCUT2D eigenvalue weighted by molar-refractivity contribution is 7.09. The van der Waals surface area contributed by atoms with Gasteiger partial charge in [0.05, 0.1) is 12.6 Å². The van der Waals surface area contributed by atoms with Gasteiger partial charge in [0.25, 0.3) is 0 Å². The third-order valence-corrected chi connectivity index (χ3v) is 9.73. The van der Waals surface area contributed by atoms with Crippen LogP contribution in [0.1, 0.15) is 44.4 Å². The van der Waals surface area contributed by atoms with E-state index in [1.807, 2.05) is 17.5 Å². The van der Waals surface area contributed by atoms with Crippen LogP contribution in [0.2, 0.25) is 0 Å². The Hall–Kier alpha value is -1.41. The fourth-order valence-corrected chi connectivity index (χ4v) is 8.23. The number of hydrogen-bond donors (Lipinski definition) is 2. The first-order chi connectivity index (χ1) is 15.1. The third-order valence-electron chi connectivity index (χ3n) is 8.87. The lowest BCUT2D eigenvalue weighted by Gasteiger charge is -2.61. The number of hydrogen-bond acceptors (Lipinski definition) is 5. The molecule has 8 atom stereocenters. The van der Waals surface area contributed by atoms with Gasteiger partial charge in [-0.3, -0.25) is 4.79 Å². The second-order valence-corrected chi connectivity index (χ2v) is 11.9. The Bertz CT molecular complexity index is 964. The van der Waals surface area contributed by atoms with E-state index in [0.717, 1.165) is 11.3 Å². The van der Waals surface area contributed by atoms with Gasteiger partial charge in [0.2, 0.25) is 0 Å². The van der Waals surface area contributed by atoms with E-state index in [1.165, 1.54) is 23.3 Å². The number of hydroxylamine groups is 2. The van der Waals surface area contributed by atoms with Crippen LogP contribution in [0.25, 0.3) is 0 Å². The average molecular weight is 464 g/mol. The molecule has 1 aromatic rings. The van der Waals surface area contributed by atoms with E-state index in [0.29, 0.717) is 25.9 Å². The minimum absolute atomic E-state index is 0.0128. The minimum Gasteiger partial charge on any atom is -0.390 e. The molecule has 0 saturated heterocycles. The first-order valence-corrected chi connectivity index (χ1v) is 12.4. The molecule has 32 heavy (non-hydrogen) atoms. The monoisotopic (exact) mass is 463 g/mol. The maximum Gasteiger partial charge on any atom is 0.178 e. The number of aliphatic hydroxyl groups excluding tert-OH is 1. The van der Waals surface area contributed by atoms with Crippen LogP contribution in [-0.2, 0) is 11.3 Å². The smallest absolute Gasteiger partial charge is 0.178 e. The van der Waals surface area contributed by atoms with Gasteiger partial charge in [-0.25, -0.2) is 8.78 Å². The topological polar surface area (TPSA) is 60.8 Å². The summed E-state index contributed by atoms with van der Waals surface area (Å²) in [6, 6.07) is 3.93. The van der Waals surface area contributed by atoms with Crippen LogP contribution in [0, 0.1) is 28.6 Å². The third kappa shape index (κ3) is 3.19. The molecule has 0 aromatic carbocycles. The zero-order valence-corrected chi connectivity index (χ0v) is 19.3. The standard InChI is InChI=1S/C25H31F2NO3S/c1-23-11-15(13-28(31)14-17-4-3-7-32-17)8-18(23)19-10-21(26)20-9-16(29)5-6-24(20,2)25(19,27)22(30)12-23/h3-7,9,15,18-19,21-22,30-31H,8,10-14H2,1-2H3/t15-,18?,19+,21+,22+,23+,24+,25+/m1/s1. The van der Waals surface area contributed by atoms with Gasteiger partial charge in [-0.1, -0.05) is 19.1 Å². The first-order valence-electron chi connectivity index (χ1n) is 11.5. The molecule has 0 amide bonds. The molecule has 0 aliphatic heterocycles. The molecule has 1 heterocycles. The second kappa shape index (κ2) is 7.55. The number of thiophene rings is 1. The van der Waals surface area contributed by atoms with Crippen molar-refractivity contribution < 1.29 is 23.9 Å². The van der Waals surface area contributed by atoms with Crippen molar-refractivity contribution in [2.24, 2.45) is 28.6 Å². The number of halogens is 2. The fourth-order valence-electron chi connectivity index (χ4n) is 7.51. The molecular formula is C25H31F2NO3S. The number of ketones is 1. The molecule has 2 N–H and O–H groups in total. The van der Waals surface area contributed by atoms with Gasteiger partial charge in [0.15, 0.2) is 11.5 Å². The summed E-state index contributed by atoms with van der Waals surface area (Å²) in [6.45, 7) is 4.64. The first kappa shape index (κ1) is 22.4. The van der Waals surface area contributed by atoms with Crippen LogP contribution in [0.5, 0.6) is 0 Å². The van der Waals surface area contributed by atoms with Gasteiger partial charge in [0, 0.05) is 22.8 Å². The molecule has 3 saturated carbocycles. The summed E-state index contributed by atoms with van der Waals surface area (Å²) >= 11 is 1.59. The van der Waals surface area contributed by atoms with Crippen LogP contribution in [-0.4, -0.2) is 45.6 Å². The normalized spacial score (nSPS) is 45.4. The van der Waals surface area contributed by atoms with Crippen molar-refractivity contribution in [3.63, 3.8) is 0 Å². The molecule has 3 fully saturated rings. The molecule has 0 radical (unpaired) electrons. The molecular weight excluding hydrogens is 432 g/mol. The van der Waals surface area contributed by atoms with E-state index in [9.17, 15) is 15.1 Å². The summed E-state index contributed by atoms with van der Waals surface area (Å²) in [5, 5.41) is 25.0. The molecule has 4 aliphatic rings. The Morgan fingerprint density at radius 2 is 2.03 bits per heavy atom. The lowest BCUT2D eigenvalue weighted by Crippen LogP contribution is -2.67. The highest BCUT2D eigenvalue weighted by Crippen LogP contribution is 2.68. The Balaban J connectivity index is 1.41. The summed E-state index contributed by atoms with van der Waals surface area (Å²) in [6.07, 6.45) is 3.16. The van der Waals surface area contributed by atoms with E-state index in [4.69, 9.17) is 0 Å². The maximum atomic E-state index is 17.0. The van der Waals surface area contributed by atoms with Crippen molar-refractivity contribution >= 4 is 17.1 Å². The number of aliphatic hydroxyl groups is 1. The summed E-state index contributed by atoms with van der Waals surface area (Å²) in [7, 11) is 0. The minimum atomic E-state index is -2.02. The van der Waals surface area contributed by atoms with Crippen molar-refractivity contribution in [3.8, 4) is 0 Å². The fraction of sp³-hybridized carbons (Fsp3) is 0.640. The summed E-state index contributed by atoms with van der Waals surface area (Å²) in [4.78, 5) is 13.0. The summed E-state index contributed by atoms with van der Waals surface area (Å²) < 4.78 is 32.4. The van der Waals surface area contributed by atoms with E-state index in [1.54, 1.807) is 18.3 Å². The lowest BCUT2D eigenvalue weighted by atomic mass is 9.45. The van der Waals surface area contributed by atoms with Gasteiger partial charge >= 0.3 is 0 Å². The highest BCUT2D eigenvalue weighted by atomic mass is 32.1. The van der Waals surface area contributed by atoms with Crippen molar-refractivity contribution in [1.82, 2.24) is 5.06 Å². The predicted octanol–water partition coefficient (Wildman–Crippen LogP) is 4.87. The quantitative estimate of drug-likeness (QED) is 0.625. The number of allylic oxidation sites excluding steroid dienone is 4. The van der Waals surface area contributed by atoms with Crippen molar-refractivity contribution in [1.29, 1.82) is 0 Å². The average Bonchev–Trinajstić information content (AvgIpc) is 3.33. The molecule has 0 bridgehead atoms. The van der Waals surface area contributed by atoms with Crippen LogP contribution in [0.3, 0.4) is 0 Å². The van der Waals surface area contributed by atoms with Crippen LogP contribution in [0.15, 0.2) is 41.3 Å². The number of nitrogens with zero attached hydrogens (tertiary/aromatic N) is 1. The molecule has 4 aliphatic carbocycles. The number of rotatable bonds is 4. The Morgan fingerprint density at radius 1 is 1.25 bits per heavy atom. The van der Waals surface area contributed by atoms with Crippen molar-refractivity contribution in [2.45, 2.75) is 64.0 Å². The maximum absolute atomic E-state index is 17.0. The highest BCUT2D eigenvalue weighted by Gasteiger charge is 2.71. The number of fused-ring (bicyclic) bond motifs is 5. The molecule has 1 aromatic heterocycles. The Kier molecular flexibility index (Phi) is 5.28. The molecule has 5 rings (SSSR count). The lowest BCUT2D eigenvalue weighted by molar-refractivity contribution is -0.195. The van der Waals surface area contributed by atoms with Gasteiger partial charge < -0.3 is 10.3 Å². The summed E-state index contributed by atoms with van der Waals surface area (Å²) in [5.74, 6) is -0.901. The van der Waals surface area contributed by atoms with Gasteiger partial charge in [-0.05, 0) is 79.0 Å². The van der Waals surface area contributed by atoms with Crippen LogP contribution >= 0.6 is 11.3 Å². The van der Waals surface area contributed by atoms with E-state index in [2.05, 4.69) is 6.92 Å². The largest absolute Gasteiger partial charge is 0.390 e. The molecule has 7 heteroatoms. The predicted molar refractivity (Wildman–Crippen MR) is 119 cm³/mol. The molecule has 174 valence electrons. The molecule has 1 unspecified atom stereocenters. The molecule has 4 nitrogen and oxygen atoms in total. The van der Waals surface area contributed by atoms with Gasteiger partial charge in [0.1, 0.15) is 6.17 Å². The second-order valence-electron chi connectivity index (χ2n) is 10.8. The van der Waals surface area contributed by atoms with Crippen LogP contribution < -0.4 is 0 Å². The number of carbonyl (C=O) groups is 1. The van der Waals surface area contributed by atoms with Gasteiger partial charge in [-0.2, -0.15) is 5.06 Å². The van der Waals surface area contributed by atoms with E-state index in [-0.39, 0.29) is 35.0 Å². The van der Waals surface area contributed by atoms with Crippen LogP contribution in [0.4, 0.5) is 8.78 Å². The van der Waals surface area contributed by atoms with Crippen molar-refractivity contribution in [3.05, 3.63) is 46.2 Å². The zero-order valence-electron chi connectivity index (χ0n) is 18.5. The number of alkyl halides is 2. The molecule has 0 spiro atoms. The van der Waals surface area contributed by atoms with Gasteiger partial charge in [-0.15, -0.1) is 11.3 Å². The Morgan fingerprint density at radius 3 is 2.75 bits per heavy atom. The van der Waals surface area contributed by atoms with E-state index >= 15 is 8.78 Å². The summed E-state index contributed by atoms with van der Waals surface area (Å²) in [5.41, 5.74) is -3.49. The van der Waals surface area contributed by atoms with Crippen molar-refractivity contribution in [2.75, 3.05) is 6.54 Å². The Labute approximate surface area is 191 Å².